The summed E-state index contributed by atoms with van der Waals surface area (Å²) in [5, 5.41) is 9.23. The van der Waals surface area contributed by atoms with E-state index in [1.165, 1.54) is 29.2 Å². The first-order valence-electron chi connectivity index (χ1n) is 8.48. The van der Waals surface area contributed by atoms with Crippen LogP contribution in [0, 0.1) is 23.0 Å². The molecule has 0 saturated carbocycles. The standard InChI is InChI=1S/C20H19F2N3O.ClH/c21-15-7-3-13(4-8-15)18(14-5-9-16(22)10-6-14)19(24)20(26)25-11-1-2-17(25)12-23;/h3-10,17-19H,1-2,11,24H2;1H/t17?,19-;/m0./s1. The molecular formula is C20H20ClF2N3O. The van der Waals surface area contributed by atoms with Crippen LogP contribution in [0.25, 0.3) is 0 Å². The fourth-order valence-electron chi connectivity index (χ4n) is 3.45. The third-order valence-corrected chi connectivity index (χ3v) is 4.79. The number of carbonyl (C=O) groups is 1. The number of nitriles is 1. The van der Waals surface area contributed by atoms with Crippen molar-refractivity contribution in [3.05, 3.63) is 71.3 Å². The molecule has 1 unspecified atom stereocenters. The summed E-state index contributed by atoms with van der Waals surface area (Å²) in [6.45, 7) is 0.490. The second-order valence-corrected chi connectivity index (χ2v) is 6.43. The summed E-state index contributed by atoms with van der Waals surface area (Å²) in [6, 6.07) is 12.2. The average Bonchev–Trinajstić information content (AvgIpc) is 3.13. The zero-order valence-electron chi connectivity index (χ0n) is 14.5. The van der Waals surface area contributed by atoms with Crippen LogP contribution >= 0.6 is 12.4 Å². The van der Waals surface area contributed by atoms with Gasteiger partial charge < -0.3 is 10.6 Å². The zero-order valence-corrected chi connectivity index (χ0v) is 15.3. The Kier molecular flexibility index (Phi) is 6.89. The van der Waals surface area contributed by atoms with Crippen LogP contribution in [-0.4, -0.2) is 29.4 Å². The molecule has 3 rings (SSSR count). The van der Waals surface area contributed by atoms with Gasteiger partial charge in [0.15, 0.2) is 0 Å². The molecule has 0 aromatic heterocycles. The highest BCUT2D eigenvalue weighted by molar-refractivity contribution is 5.85. The lowest BCUT2D eigenvalue weighted by Crippen LogP contribution is -2.48. The van der Waals surface area contributed by atoms with E-state index in [0.717, 1.165) is 6.42 Å². The molecule has 2 N–H and O–H groups in total. The number of halogens is 3. The average molecular weight is 392 g/mol. The molecule has 1 heterocycles. The van der Waals surface area contributed by atoms with Gasteiger partial charge in [0.25, 0.3) is 0 Å². The minimum absolute atomic E-state index is 0. The second-order valence-electron chi connectivity index (χ2n) is 6.43. The molecule has 7 heteroatoms. The van der Waals surface area contributed by atoms with Gasteiger partial charge in [0.05, 0.1) is 12.1 Å². The molecule has 1 aliphatic rings. The lowest BCUT2D eigenvalue weighted by Gasteiger charge is -2.29. The van der Waals surface area contributed by atoms with Crippen LogP contribution in [0.4, 0.5) is 8.78 Å². The summed E-state index contributed by atoms with van der Waals surface area (Å²) >= 11 is 0. The molecule has 1 amide bonds. The molecule has 0 spiro atoms. The van der Waals surface area contributed by atoms with Gasteiger partial charge in [0.2, 0.25) is 5.91 Å². The fraction of sp³-hybridized carbons (Fsp3) is 0.300. The van der Waals surface area contributed by atoms with Gasteiger partial charge in [-0.2, -0.15) is 5.26 Å². The molecule has 1 fully saturated rings. The van der Waals surface area contributed by atoms with Crippen LogP contribution in [0.5, 0.6) is 0 Å². The summed E-state index contributed by atoms with van der Waals surface area (Å²) in [4.78, 5) is 14.4. The van der Waals surface area contributed by atoms with Crippen molar-refractivity contribution in [2.24, 2.45) is 5.73 Å². The van der Waals surface area contributed by atoms with E-state index in [0.29, 0.717) is 24.1 Å². The minimum atomic E-state index is -0.958. The quantitative estimate of drug-likeness (QED) is 0.868. The predicted octanol–water partition coefficient (Wildman–Crippen LogP) is 3.36. The molecule has 1 aliphatic heterocycles. The van der Waals surface area contributed by atoms with Crippen LogP contribution in [0.2, 0.25) is 0 Å². The maximum absolute atomic E-state index is 13.3. The molecular weight excluding hydrogens is 372 g/mol. The Bertz CT molecular complexity index is 775. The Morgan fingerprint density at radius 2 is 1.56 bits per heavy atom. The molecule has 2 aromatic carbocycles. The van der Waals surface area contributed by atoms with Gasteiger partial charge >= 0.3 is 0 Å². The number of hydrogen-bond acceptors (Lipinski definition) is 3. The normalized spacial score (nSPS) is 17.3. The number of nitrogens with two attached hydrogens (primary N) is 1. The Balaban J connectivity index is 0.00000261. The van der Waals surface area contributed by atoms with Crippen LogP contribution in [-0.2, 0) is 4.79 Å². The monoisotopic (exact) mass is 391 g/mol. The fourth-order valence-corrected chi connectivity index (χ4v) is 3.45. The SMILES string of the molecule is Cl.N#CC1CCCN1C(=O)[C@@H](N)C(c1ccc(F)cc1)c1ccc(F)cc1. The predicted molar refractivity (Wildman–Crippen MR) is 100 cm³/mol. The first-order valence-corrected chi connectivity index (χ1v) is 8.48. The van der Waals surface area contributed by atoms with Crippen molar-refractivity contribution in [1.29, 1.82) is 5.26 Å². The van der Waals surface area contributed by atoms with Crippen molar-refractivity contribution in [3.63, 3.8) is 0 Å². The van der Waals surface area contributed by atoms with E-state index >= 15 is 0 Å². The molecule has 0 bridgehead atoms. The van der Waals surface area contributed by atoms with Crippen molar-refractivity contribution in [2.45, 2.75) is 30.8 Å². The van der Waals surface area contributed by atoms with E-state index in [1.807, 2.05) is 0 Å². The number of rotatable bonds is 4. The van der Waals surface area contributed by atoms with Crippen LogP contribution in [0.3, 0.4) is 0 Å². The van der Waals surface area contributed by atoms with E-state index in [1.54, 1.807) is 24.3 Å². The van der Waals surface area contributed by atoms with E-state index in [4.69, 9.17) is 5.73 Å². The third-order valence-electron chi connectivity index (χ3n) is 4.79. The molecule has 142 valence electrons. The number of amides is 1. The molecule has 4 nitrogen and oxygen atoms in total. The summed E-state index contributed by atoms with van der Waals surface area (Å²) in [6.07, 6.45) is 1.39. The largest absolute Gasteiger partial charge is 0.325 e. The molecule has 1 saturated heterocycles. The Morgan fingerprint density at radius 3 is 2.00 bits per heavy atom. The Hall–Kier alpha value is -2.49. The maximum Gasteiger partial charge on any atom is 0.241 e. The van der Waals surface area contributed by atoms with E-state index in [2.05, 4.69) is 6.07 Å². The molecule has 0 radical (unpaired) electrons. The molecule has 27 heavy (non-hydrogen) atoms. The lowest BCUT2D eigenvalue weighted by atomic mass is 9.84. The Labute approximate surface area is 163 Å². The highest BCUT2D eigenvalue weighted by atomic mass is 35.5. The van der Waals surface area contributed by atoms with E-state index in [9.17, 15) is 18.8 Å². The van der Waals surface area contributed by atoms with E-state index in [-0.39, 0.29) is 18.3 Å². The molecule has 2 aromatic rings. The lowest BCUT2D eigenvalue weighted by molar-refractivity contribution is -0.132. The van der Waals surface area contributed by atoms with E-state index < -0.39 is 29.6 Å². The maximum atomic E-state index is 13.3. The minimum Gasteiger partial charge on any atom is -0.325 e. The van der Waals surface area contributed by atoms with Crippen LogP contribution < -0.4 is 5.73 Å². The second kappa shape index (κ2) is 8.94. The molecule has 2 atom stereocenters. The van der Waals surface area contributed by atoms with Crippen molar-refractivity contribution in [2.75, 3.05) is 6.54 Å². The smallest absolute Gasteiger partial charge is 0.241 e. The van der Waals surface area contributed by atoms with Crippen LogP contribution in [0.1, 0.15) is 29.9 Å². The van der Waals surface area contributed by atoms with Gasteiger partial charge in [-0.25, -0.2) is 8.78 Å². The number of benzene rings is 2. The summed E-state index contributed by atoms with van der Waals surface area (Å²) in [5.41, 5.74) is 7.63. The van der Waals surface area contributed by atoms with Crippen molar-refractivity contribution >= 4 is 18.3 Å². The third kappa shape index (κ3) is 4.44. The first-order chi connectivity index (χ1) is 12.5. The van der Waals surface area contributed by atoms with Crippen molar-refractivity contribution in [3.8, 4) is 6.07 Å². The van der Waals surface area contributed by atoms with Gasteiger partial charge in [0.1, 0.15) is 17.7 Å². The first kappa shape index (κ1) is 20.8. The van der Waals surface area contributed by atoms with Crippen LogP contribution in [0.15, 0.2) is 48.5 Å². The van der Waals surface area contributed by atoms with Gasteiger partial charge in [-0.15, -0.1) is 12.4 Å². The van der Waals surface area contributed by atoms with Crippen molar-refractivity contribution in [1.82, 2.24) is 4.90 Å². The van der Waals surface area contributed by atoms with Crippen molar-refractivity contribution < 1.29 is 13.6 Å². The summed E-state index contributed by atoms with van der Waals surface area (Å²) < 4.78 is 26.6. The highest BCUT2D eigenvalue weighted by Crippen LogP contribution is 2.30. The van der Waals surface area contributed by atoms with Gasteiger partial charge in [0, 0.05) is 12.5 Å². The molecule has 0 aliphatic carbocycles. The summed E-state index contributed by atoms with van der Waals surface area (Å²) in [5.74, 6) is -1.68. The van der Waals surface area contributed by atoms with Gasteiger partial charge in [-0.1, -0.05) is 24.3 Å². The highest BCUT2D eigenvalue weighted by Gasteiger charge is 2.36. The summed E-state index contributed by atoms with van der Waals surface area (Å²) in [7, 11) is 0. The number of hydrogen-bond donors (Lipinski definition) is 1. The topological polar surface area (TPSA) is 70.1 Å². The Morgan fingerprint density at radius 1 is 1.07 bits per heavy atom. The van der Waals surface area contributed by atoms with Gasteiger partial charge in [-0.05, 0) is 48.2 Å². The number of nitrogens with zero attached hydrogens (tertiary/aromatic N) is 2. The van der Waals surface area contributed by atoms with Gasteiger partial charge in [-0.3, -0.25) is 4.79 Å². The number of likely N-dealkylation sites (tertiary alicyclic amines) is 1. The zero-order chi connectivity index (χ0) is 18.7. The number of carbonyl (C=O) groups excluding carboxylic acids is 1.